The molecule has 0 spiro atoms. The first-order valence-electron chi connectivity index (χ1n) is 7.09. The number of carbonyl (C=O) groups is 2. The van der Waals surface area contributed by atoms with Gasteiger partial charge >= 0.3 is 0 Å². The number of nitrogens with one attached hydrogen (secondary N) is 1. The van der Waals surface area contributed by atoms with Crippen molar-refractivity contribution < 1.29 is 14.0 Å². The highest BCUT2D eigenvalue weighted by Crippen LogP contribution is 2.34. The Bertz CT molecular complexity index is 589. The standard InChI is InChI=1S/C15H16ClFN2O2/c16-12-7-10(17)2-1-9(12)8-18-15(21)13-5-6-14(20)19(13)11-3-4-11/h1-2,7,11,13H,3-6,8H2,(H,18,21). The molecule has 1 aliphatic heterocycles. The van der Waals surface area contributed by atoms with Crippen LogP contribution in [0.2, 0.25) is 5.02 Å². The van der Waals surface area contributed by atoms with E-state index in [-0.39, 0.29) is 35.5 Å². The molecule has 0 bridgehead atoms. The Kier molecular flexibility index (Phi) is 3.85. The first-order valence-corrected chi connectivity index (χ1v) is 7.47. The molecule has 1 atom stereocenters. The van der Waals surface area contributed by atoms with E-state index in [1.54, 1.807) is 11.0 Å². The molecule has 1 aromatic rings. The molecule has 4 nitrogen and oxygen atoms in total. The summed E-state index contributed by atoms with van der Waals surface area (Å²) in [4.78, 5) is 25.8. The van der Waals surface area contributed by atoms with E-state index in [0.717, 1.165) is 12.8 Å². The highest BCUT2D eigenvalue weighted by Gasteiger charge is 2.44. The van der Waals surface area contributed by atoms with Gasteiger partial charge in [0.2, 0.25) is 11.8 Å². The number of amides is 2. The topological polar surface area (TPSA) is 49.4 Å². The lowest BCUT2D eigenvalue weighted by Gasteiger charge is -2.23. The zero-order valence-corrected chi connectivity index (χ0v) is 12.2. The van der Waals surface area contributed by atoms with Gasteiger partial charge < -0.3 is 10.2 Å². The van der Waals surface area contributed by atoms with Gasteiger partial charge in [0.1, 0.15) is 11.9 Å². The molecular weight excluding hydrogens is 295 g/mol. The van der Waals surface area contributed by atoms with Crippen LogP contribution in [0.4, 0.5) is 4.39 Å². The third kappa shape index (κ3) is 3.02. The fourth-order valence-corrected chi connectivity index (χ4v) is 2.97. The van der Waals surface area contributed by atoms with Gasteiger partial charge in [0, 0.05) is 24.0 Å². The lowest BCUT2D eigenvalue weighted by molar-refractivity contribution is -0.135. The molecule has 0 aromatic heterocycles. The van der Waals surface area contributed by atoms with Gasteiger partial charge in [0.25, 0.3) is 0 Å². The van der Waals surface area contributed by atoms with E-state index in [2.05, 4.69) is 5.32 Å². The maximum atomic E-state index is 13.0. The smallest absolute Gasteiger partial charge is 0.243 e. The number of hydrogen-bond acceptors (Lipinski definition) is 2. The maximum absolute atomic E-state index is 13.0. The minimum Gasteiger partial charge on any atom is -0.350 e. The van der Waals surface area contributed by atoms with E-state index in [9.17, 15) is 14.0 Å². The molecule has 2 amide bonds. The number of rotatable bonds is 4. The summed E-state index contributed by atoms with van der Waals surface area (Å²) in [5.74, 6) is -0.498. The molecule has 1 aliphatic carbocycles. The van der Waals surface area contributed by atoms with E-state index in [1.807, 2.05) is 0 Å². The normalized spacial score (nSPS) is 21.7. The molecule has 3 rings (SSSR count). The fraction of sp³-hybridized carbons (Fsp3) is 0.467. The van der Waals surface area contributed by atoms with Crippen molar-refractivity contribution >= 4 is 23.4 Å². The molecule has 1 saturated carbocycles. The summed E-state index contributed by atoms with van der Waals surface area (Å²) in [5.41, 5.74) is 0.661. The average molecular weight is 311 g/mol. The molecule has 1 unspecified atom stereocenters. The van der Waals surface area contributed by atoms with Crippen molar-refractivity contribution in [3.63, 3.8) is 0 Å². The van der Waals surface area contributed by atoms with Crippen molar-refractivity contribution in [3.8, 4) is 0 Å². The minimum atomic E-state index is -0.406. The van der Waals surface area contributed by atoms with Crippen LogP contribution >= 0.6 is 11.6 Å². The maximum Gasteiger partial charge on any atom is 0.243 e. The highest BCUT2D eigenvalue weighted by molar-refractivity contribution is 6.31. The second-order valence-corrected chi connectivity index (χ2v) is 5.95. The lowest BCUT2D eigenvalue weighted by Crippen LogP contribution is -2.45. The number of hydrogen-bond donors (Lipinski definition) is 1. The van der Waals surface area contributed by atoms with Gasteiger partial charge in [-0.1, -0.05) is 17.7 Å². The van der Waals surface area contributed by atoms with Gasteiger partial charge in [-0.25, -0.2) is 4.39 Å². The summed E-state index contributed by atoms with van der Waals surface area (Å²) in [6.07, 6.45) is 2.98. The SMILES string of the molecule is O=C(NCc1ccc(F)cc1Cl)C1CCC(=O)N1C1CC1. The van der Waals surface area contributed by atoms with Crippen molar-refractivity contribution in [1.29, 1.82) is 0 Å². The summed E-state index contributed by atoms with van der Waals surface area (Å²) >= 11 is 5.93. The van der Waals surface area contributed by atoms with Gasteiger partial charge in [-0.15, -0.1) is 0 Å². The average Bonchev–Trinajstić information content (AvgIpc) is 3.20. The Morgan fingerprint density at radius 3 is 2.81 bits per heavy atom. The number of carbonyl (C=O) groups excluding carboxylic acids is 2. The lowest BCUT2D eigenvalue weighted by atomic mass is 10.2. The summed E-state index contributed by atoms with van der Waals surface area (Å²) in [7, 11) is 0. The van der Waals surface area contributed by atoms with Crippen molar-refractivity contribution in [2.24, 2.45) is 0 Å². The summed E-state index contributed by atoms with van der Waals surface area (Å²) in [5, 5.41) is 3.08. The van der Waals surface area contributed by atoms with Crippen molar-refractivity contribution in [2.75, 3.05) is 0 Å². The van der Waals surface area contributed by atoms with E-state index in [1.165, 1.54) is 12.1 Å². The highest BCUT2D eigenvalue weighted by atomic mass is 35.5. The zero-order valence-electron chi connectivity index (χ0n) is 11.4. The van der Waals surface area contributed by atoms with Crippen LogP contribution in [0.5, 0.6) is 0 Å². The van der Waals surface area contributed by atoms with Crippen LogP contribution in [-0.2, 0) is 16.1 Å². The monoisotopic (exact) mass is 310 g/mol. The Morgan fingerprint density at radius 1 is 1.38 bits per heavy atom. The van der Waals surface area contributed by atoms with Crippen LogP contribution in [0.3, 0.4) is 0 Å². The molecule has 2 fully saturated rings. The van der Waals surface area contributed by atoms with Gasteiger partial charge in [0.15, 0.2) is 0 Å². The molecule has 1 N–H and O–H groups in total. The predicted molar refractivity (Wildman–Crippen MR) is 76.1 cm³/mol. The number of halogens is 2. The summed E-state index contributed by atoms with van der Waals surface area (Å²) in [6.45, 7) is 0.237. The van der Waals surface area contributed by atoms with E-state index in [4.69, 9.17) is 11.6 Å². The molecule has 0 radical (unpaired) electrons. The first kappa shape index (κ1) is 14.3. The van der Waals surface area contributed by atoms with Crippen LogP contribution in [0.25, 0.3) is 0 Å². The number of benzene rings is 1. The fourth-order valence-electron chi connectivity index (χ4n) is 2.74. The van der Waals surface area contributed by atoms with Gasteiger partial charge in [-0.05, 0) is 37.0 Å². The first-order chi connectivity index (χ1) is 10.1. The van der Waals surface area contributed by atoms with Gasteiger partial charge in [-0.3, -0.25) is 9.59 Å². The molecule has 21 heavy (non-hydrogen) atoms. The molecule has 1 saturated heterocycles. The second kappa shape index (κ2) is 5.64. The molecular formula is C15H16ClFN2O2. The van der Waals surface area contributed by atoms with Crippen molar-refractivity contribution in [2.45, 2.75) is 44.3 Å². The molecule has 2 aliphatic rings. The van der Waals surface area contributed by atoms with E-state index < -0.39 is 5.82 Å². The second-order valence-electron chi connectivity index (χ2n) is 5.54. The van der Waals surface area contributed by atoms with E-state index in [0.29, 0.717) is 18.4 Å². The number of likely N-dealkylation sites (tertiary alicyclic amines) is 1. The largest absolute Gasteiger partial charge is 0.350 e. The Balaban J connectivity index is 1.62. The Labute approximate surface area is 127 Å². The van der Waals surface area contributed by atoms with Crippen LogP contribution in [0.15, 0.2) is 18.2 Å². The van der Waals surface area contributed by atoms with Gasteiger partial charge in [0.05, 0.1) is 0 Å². The third-order valence-corrected chi connectivity index (χ3v) is 4.32. The number of nitrogens with zero attached hydrogens (tertiary/aromatic N) is 1. The molecule has 1 aromatic carbocycles. The summed E-state index contributed by atoms with van der Waals surface area (Å²) in [6, 6.07) is 3.95. The van der Waals surface area contributed by atoms with Crippen LogP contribution in [0.1, 0.15) is 31.2 Å². The molecule has 112 valence electrons. The minimum absolute atomic E-state index is 0.0671. The Morgan fingerprint density at radius 2 is 2.14 bits per heavy atom. The van der Waals surface area contributed by atoms with Crippen molar-refractivity contribution in [3.05, 3.63) is 34.6 Å². The Hall–Kier alpha value is -1.62. The van der Waals surface area contributed by atoms with Gasteiger partial charge in [-0.2, -0.15) is 0 Å². The van der Waals surface area contributed by atoms with Crippen molar-refractivity contribution in [1.82, 2.24) is 10.2 Å². The quantitative estimate of drug-likeness (QED) is 0.927. The summed E-state index contributed by atoms with van der Waals surface area (Å²) < 4.78 is 13.0. The van der Waals surface area contributed by atoms with Crippen LogP contribution in [-0.4, -0.2) is 28.8 Å². The third-order valence-electron chi connectivity index (χ3n) is 3.97. The van der Waals surface area contributed by atoms with Crippen LogP contribution < -0.4 is 5.32 Å². The van der Waals surface area contributed by atoms with E-state index >= 15 is 0 Å². The zero-order chi connectivity index (χ0) is 15.0. The molecule has 6 heteroatoms. The molecule has 1 heterocycles. The van der Waals surface area contributed by atoms with Crippen LogP contribution in [0, 0.1) is 5.82 Å². The predicted octanol–water partition coefficient (Wildman–Crippen LogP) is 2.25.